The summed E-state index contributed by atoms with van der Waals surface area (Å²) in [5.41, 5.74) is -0.600. The van der Waals surface area contributed by atoms with Crippen LogP contribution in [0, 0.1) is 0 Å². The Hall–Kier alpha value is -1.88. The Morgan fingerprint density at radius 1 is 1.24 bits per heavy atom. The molecule has 1 atom stereocenters. The fraction of sp³-hybridized carbons (Fsp3) is 0.500. The molecule has 0 aliphatic carbocycles. The van der Waals surface area contributed by atoms with E-state index in [9.17, 15) is 19.8 Å². The van der Waals surface area contributed by atoms with E-state index in [0.29, 0.717) is 31.5 Å². The summed E-state index contributed by atoms with van der Waals surface area (Å²) in [5, 5.41) is 19.0. The summed E-state index contributed by atoms with van der Waals surface area (Å²) in [6.07, 6.45) is 0.693. The molecule has 1 unspecified atom stereocenters. The lowest BCUT2D eigenvalue weighted by molar-refractivity contribution is -0.148. The lowest BCUT2D eigenvalue weighted by Gasteiger charge is -2.33. The number of nitrogens with zero attached hydrogens (tertiary/aromatic N) is 1. The quantitative estimate of drug-likeness (QED) is 0.879. The van der Waals surface area contributed by atoms with Crippen molar-refractivity contribution in [2.75, 3.05) is 13.1 Å². The molecule has 1 fully saturated rings. The van der Waals surface area contributed by atoms with E-state index in [4.69, 9.17) is 0 Å². The van der Waals surface area contributed by atoms with Crippen LogP contribution in [0.2, 0.25) is 0 Å². The molecule has 1 amide bonds. The number of benzene rings is 1. The van der Waals surface area contributed by atoms with E-state index in [0.717, 1.165) is 0 Å². The molecule has 1 heterocycles. The fourth-order valence-electron chi connectivity index (χ4n) is 2.64. The number of aliphatic carboxylic acids is 1. The number of aliphatic hydroxyl groups is 1. The van der Waals surface area contributed by atoms with E-state index in [1.165, 1.54) is 0 Å². The smallest absolute Gasteiger partial charge is 0.314 e. The van der Waals surface area contributed by atoms with Gasteiger partial charge in [-0.05, 0) is 25.3 Å². The maximum atomic E-state index is 12.4. The summed E-state index contributed by atoms with van der Waals surface area (Å²) in [5.74, 6) is -1.17. The van der Waals surface area contributed by atoms with Gasteiger partial charge in [-0.2, -0.15) is 0 Å². The molecule has 21 heavy (non-hydrogen) atoms. The van der Waals surface area contributed by atoms with Gasteiger partial charge in [0.2, 0.25) is 5.91 Å². The van der Waals surface area contributed by atoms with Crippen LogP contribution in [0.3, 0.4) is 0 Å². The summed E-state index contributed by atoms with van der Waals surface area (Å²) in [6.45, 7) is 2.57. The van der Waals surface area contributed by atoms with Crippen LogP contribution in [0.25, 0.3) is 0 Å². The van der Waals surface area contributed by atoms with Crippen molar-refractivity contribution in [1.29, 1.82) is 0 Å². The minimum atomic E-state index is -1.23. The zero-order chi connectivity index (χ0) is 15.5. The van der Waals surface area contributed by atoms with E-state index in [-0.39, 0.29) is 18.4 Å². The molecule has 5 heteroatoms. The second-order valence-electron chi connectivity index (χ2n) is 5.79. The number of amides is 1. The number of hydrogen-bond acceptors (Lipinski definition) is 3. The number of rotatable bonds is 4. The van der Waals surface area contributed by atoms with Crippen LogP contribution in [0.1, 0.15) is 31.7 Å². The summed E-state index contributed by atoms with van der Waals surface area (Å²) >= 11 is 0. The molecule has 0 aromatic heterocycles. The van der Waals surface area contributed by atoms with Crippen molar-refractivity contribution >= 4 is 11.9 Å². The van der Waals surface area contributed by atoms with Gasteiger partial charge in [0.15, 0.2) is 0 Å². The van der Waals surface area contributed by atoms with Gasteiger partial charge in [-0.25, -0.2) is 0 Å². The number of likely N-dealkylation sites (tertiary alicyclic amines) is 1. The van der Waals surface area contributed by atoms with Gasteiger partial charge in [-0.3, -0.25) is 9.59 Å². The maximum absolute atomic E-state index is 12.4. The molecule has 114 valence electrons. The first-order valence-corrected chi connectivity index (χ1v) is 7.18. The SMILES string of the molecule is CC(CC(=O)N1CCC(O)CC1)(C(=O)O)c1ccccc1. The van der Waals surface area contributed by atoms with Crippen LogP contribution >= 0.6 is 0 Å². The molecular formula is C16H21NO4. The highest BCUT2D eigenvalue weighted by Crippen LogP contribution is 2.29. The minimum Gasteiger partial charge on any atom is -0.481 e. The number of carboxylic acids is 1. The van der Waals surface area contributed by atoms with Gasteiger partial charge >= 0.3 is 5.97 Å². The molecule has 0 bridgehead atoms. The number of carbonyl (C=O) groups excluding carboxylic acids is 1. The number of aliphatic hydroxyl groups excluding tert-OH is 1. The van der Waals surface area contributed by atoms with Crippen LogP contribution in [0.4, 0.5) is 0 Å². The lowest BCUT2D eigenvalue weighted by atomic mass is 9.79. The molecule has 1 aliphatic rings. The van der Waals surface area contributed by atoms with Gasteiger partial charge in [0.1, 0.15) is 0 Å². The summed E-state index contributed by atoms with van der Waals surface area (Å²) in [7, 11) is 0. The normalized spacial score (nSPS) is 19.0. The van der Waals surface area contributed by atoms with Crippen LogP contribution in [0.5, 0.6) is 0 Å². The topological polar surface area (TPSA) is 77.8 Å². The number of carboxylic acid groups (broad SMARTS) is 1. The zero-order valence-electron chi connectivity index (χ0n) is 12.2. The van der Waals surface area contributed by atoms with Gasteiger partial charge in [0.05, 0.1) is 11.5 Å². The van der Waals surface area contributed by atoms with Crippen LogP contribution < -0.4 is 0 Å². The monoisotopic (exact) mass is 291 g/mol. The first-order chi connectivity index (χ1) is 9.93. The van der Waals surface area contributed by atoms with Gasteiger partial charge in [0.25, 0.3) is 0 Å². The fourth-order valence-corrected chi connectivity index (χ4v) is 2.64. The third kappa shape index (κ3) is 3.42. The van der Waals surface area contributed by atoms with Crippen molar-refractivity contribution in [2.45, 2.75) is 37.7 Å². The molecule has 1 aromatic rings. The number of piperidine rings is 1. The standard InChI is InChI=1S/C16H21NO4/c1-16(15(20)21,12-5-3-2-4-6-12)11-14(19)17-9-7-13(18)8-10-17/h2-6,13,18H,7-11H2,1H3,(H,20,21). The predicted octanol–water partition coefficient (Wildman–Crippen LogP) is 1.40. The van der Waals surface area contributed by atoms with E-state index >= 15 is 0 Å². The van der Waals surface area contributed by atoms with E-state index in [1.54, 1.807) is 36.1 Å². The Morgan fingerprint density at radius 3 is 2.33 bits per heavy atom. The molecule has 2 rings (SSSR count). The third-order valence-corrected chi connectivity index (χ3v) is 4.20. The highest BCUT2D eigenvalue weighted by Gasteiger charge is 2.39. The molecular weight excluding hydrogens is 270 g/mol. The average Bonchev–Trinajstić information content (AvgIpc) is 2.48. The molecule has 0 saturated carbocycles. The molecule has 0 radical (unpaired) electrons. The van der Waals surface area contributed by atoms with E-state index in [2.05, 4.69) is 0 Å². The first-order valence-electron chi connectivity index (χ1n) is 7.18. The highest BCUT2D eigenvalue weighted by atomic mass is 16.4. The van der Waals surface area contributed by atoms with Crippen molar-refractivity contribution in [1.82, 2.24) is 4.90 Å². The summed E-state index contributed by atoms with van der Waals surface area (Å²) in [6, 6.07) is 8.85. The second-order valence-corrected chi connectivity index (χ2v) is 5.79. The Morgan fingerprint density at radius 2 is 1.81 bits per heavy atom. The van der Waals surface area contributed by atoms with Crippen molar-refractivity contribution in [3.05, 3.63) is 35.9 Å². The summed E-state index contributed by atoms with van der Waals surface area (Å²) in [4.78, 5) is 25.7. The molecule has 0 spiro atoms. The van der Waals surface area contributed by atoms with Crippen molar-refractivity contribution < 1.29 is 19.8 Å². The second kappa shape index (κ2) is 6.26. The molecule has 1 aromatic carbocycles. The Balaban J connectivity index is 2.13. The van der Waals surface area contributed by atoms with Gasteiger partial charge in [-0.15, -0.1) is 0 Å². The van der Waals surface area contributed by atoms with Crippen molar-refractivity contribution in [3.63, 3.8) is 0 Å². The minimum absolute atomic E-state index is 0.0670. The Labute approximate surface area is 124 Å². The van der Waals surface area contributed by atoms with Crippen molar-refractivity contribution in [2.24, 2.45) is 0 Å². The predicted molar refractivity (Wildman–Crippen MR) is 77.9 cm³/mol. The molecule has 5 nitrogen and oxygen atoms in total. The number of hydrogen-bond donors (Lipinski definition) is 2. The molecule has 2 N–H and O–H groups in total. The summed E-state index contributed by atoms with van der Waals surface area (Å²) < 4.78 is 0. The lowest BCUT2D eigenvalue weighted by Crippen LogP contribution is -2.44. The first kappa shape index (κ1) is 15.5. The van der Waals surface area contributed by atoms with Crippen LogP contribution in [-0.4, -0.2) is 46.2 Å². The molecule has 1 saturated heterocycles. The van der Waals surface area contributed by atoms with Gasteiger partial charge in [0, 0.05) is 19.5 Å². The zero-order valence-corrected chi connectivity index (χ0v) is 12.2. The highest BCUT2D eigenvalue weighted by molar-refractivity contribution is 5.89. The van der Waals surface area contributed by atoms with Gasteiger partial charge < -0.3 is 15.1 Å². The Bertz CT molecular complexity index is 508. The third-order valence-electron chi connectivity index (χ3n) is 4.20. The largest absolute Gasteiger partial charge is 0.481 e. The van der Waals surface area contributed by atoms with Gasteiger partial charge in [-0.1, -0.05) is 30.3 Å². The molecule has 1 aliphatic heterocycles. The van der Waals surface area contributed by atoms with E-state index in [1.807, 2.05) is 6.07 Å². The van der Waals surface area contributed by atoms with Crippen LogP contribution in [-0.2, 0) is 15.0 Å². The van der Waals surface area contributed by atoms with E-state index < -0.39 is 11.4 Å². The Kier molecular flexibility index (Phi) is 4.63. The maximum Gasteiger partial charge on any atom is 0.314 e. The average molecular weight is 291 g/mol. The number of carbonyl (C=O) groups is 2. The van der Waals surface area contributed by atoms with Crippen LogP contribution in [0.15, 0.2) is 30.3 Å². The van der Waals surface area contributed by atoms with Crippen molar-refractivity contribution in [3.8, 4) is 0 Å².